The molecule has 0 spiro atoms. The number of nitrogens with two attached hydrogens (primary N) is 1. The maximum absolute atomic E-state index is 5.81. The Kier molecular flexibility index (Phi) is 3.76. The molecule has 3 heteroatoms. The van der Waals surface area contributed by atoms with Gasteiger partial charge < -0.3 is 10.5 Å². The monoisotopic (exact) mass is 258 g/mol. The summed E-state index contributed by atoms with van der Waals surface area (Å²) in [6.07, 6.45) is 0.955. The zero-order chi connectivity index (χ0) is 14.0. The van der Waals surface area contributed by atoms with Gasteiger partial charge in [-0.15, -0.1) is 0 Å². The molecule has 1 aromatic carbocycles. The van der Waals surface area contributed by atoms with Gasteiger partial charge in [0.1, 0.15) is 5.75 Å². The molecule has 0 atom stereocenters. The van der Waals surface area contributed by atoms with Crippen LogP contribution in [-0.4, -0.2) is 18.6 Å². The predicted octanol–water partition coefficient (Wildman–Crippen LogP) is 3.08. The molecular weight excluding hydrogens is 236 g/mol. The topological polar surface area (TPSA) is 48.1 Å². The summed E-state index contributed by atoms with van der Waals surface area (Å²) < 4.78 is 5.46. The van der Waals surface area contributed by atoms with Gasteiger partial charge in [-0.2, -0.15) is 0 Å². The number of nitrogens with zero attached hydrogens (tertiary/aromatic N) is 1. The van der Waals surface area contributed by atoms with E-state index in [0.717, 1.165) is 28.8 Å². The first-order chi connectivity index (χ1) is 8.95. The van der Waals surface area contributed by atoms with Crippen molar-refractivity contribution in [3.8, 4) is 5.75 Å². The zero-order valence-corrected chi connectivity index (χ0v) is 12.2. The van der Waals surface area contributed by atoms with Crippen molar-refractivity contribution < 1.29 is 4.74 Å². The van der Waals surface area contributed by atoms with Crippen molar-refractivity contribution in [2.75, 3.05) is 13.7 Å². The highest BCUT2D eigenvalue weighted by Gasteiger charge is 2.17. The Hall–Kier alpha value is -1.61. The van der Waals surface area contributed by atoms with Gasteiger partial charge >= 0.3 is 0 Å². The molecule has 0 amide bonds. The molecule has 0 aliphatic carbocycles. The van der Waals surface area contributed by atoms with Crippen molar-refractivity contribution in [3.63, 3.8) is 0 Å². The molecule has 0 saturated carbocycles. The Balaban J connectivity index is 2.48. The molecule has 102 valence electrons. The van der Waals surface area contributed by atoms with Crippen molar-refractivity contribution >= 4 is 10.9 Å². The summed E-state index contributed by atoms with van der Waals surface area (Å²) in [4.78, 5) is 4.54. The number of aromatic nitrogens is 1. The summed E-state index contributed by atoms with van der Waals surface area (Å²) in [6, 6.07) is 8.33. The second kappa shape index (κ2) is 5.17. The Morgan fingerprint density at radius 3 is 2.63 bits per heavy atom. The first-order valence-electron chi connectivity index (χ1n) is 6.59. The second-order valence-corrected chi connectivity index (χ2v) is 5.86. The van der Waals surface area contributed by atoms with E-state index in [1.54, 1.807) is 7.11 Å². The number of aryl methyl sites for hydroxylation is 1. The molecule has 0 unspecified atom stereocenters. The van der Waals surface area contributed by atoms with Crippen molar-refractivity contribution in [2.24, 2.45) is 11.1 Å². The molecule has 2 N–H and O–H groups in total. The van der Waals surface area contributed by atoms with E-state index in [-0.39, 0.29) is 5.41 Å². The Bertz CT molecular complexity index is 591. The van der Waals surface area contributed by atoms with E-state index in [9.17, 15) is 0 Å². The van der Waals surface area contributed by atoms with Crippen LogP contribution < -0.4 is 10.5 Å². The zero-order valence-electron chi connectivity index (χ0n) is 12.2. The van der Waals surface area contributed by atoms with Gasteiger partial charge in [-0.1, -0.05) is 19.9 Å². The standard InChI is InChI=1S/C16H22N2O/c1-11-7-15(19-4)13-8-12(5-6-14(13)18-11)9-16(2,3)10-17/h5-8H,9-10,17H2,1-4H3. The summed E-state index contributed by atoms with van der Waals surface area (Å²) in [5, 5.41) is 1.07. The molecule has 0 aliphatic rings. The highest BCUT2D eigenvalue weighted by atomic mass is 16.5. The van der Waals surface area contributed by atoms with Gasteiger partial charge in [0.25, 0.3) is 0 Å². The number of fused-ring (bicyclic) bond motifs is 1. The lowest BCUT2D eigenvalue weighted by molar-refractivity contribution is 0.377. The number of ether oxygens (including phenoxy) is 1. The average Bonchev–Trinajstić information content (AvgIpc) is 2.38. The Morgan fingerprint density at radius 1 is 1.26 bits per heavy atom. The second-order valence-electron chi connectivity index (χ2n) is 5.86. The molecule has 19 heavy (non-hydrogen) atoms. The van der Waals surface area contributed by atoms with Crippen LogP contribution in [0.4, 0.5) is 0 Å². The fourth-order valence-electron chi connectivity index (χ4n) is 2.27. The lowest BCUT2D eigenvalue weighted by Gasteiger charge is -2.22. The maximum Gasteiger partial charge on any atom is 0.130 e. The minimum absolute atomic E-state index is 0.110. The molecule has 2 rings (SSSR count). The minimum atomic E-state index is 0.110. The molecule has 2 aromatic rings. The highest BCUT2D eigenvalue weighted by molar-refractivity contribution is 5.85. The minimum Gasteiger partial charge on any atom is -0.496 e. The van der Waals surface area contributed by atoms with Crippen molar-refractivity contribution in [3.05, 3.63) is 35.5 Å². The first-order valence-corrected chi connectivity index (χ1v) is 6.59. The molecule has 0 bridgehead atoms. The molecule has 3 nitrogen and oxygen atoms in total. The molecular formula is C16H22N2O. The van der Waals surface area contributed by atoms with Gasteiger partial charge in [0, 0.05) is 17.1 Å². The van der Waals surface area contributed by atoms with Crippen LogP contribution in [-0.2, 0) is 6.42 Å². The van der Waals surface area contributed by atoms with Gasteiger partial charge in [-0.05, 0) is 43.0 Å². The van der Waals surface area contributed by atoms with E-state index >= 15 is 0 Å². The van der Waals surface area contributed by atoms with E-state index in [4.69, 9.17) is 10.5 Å². The van der Waals surface area contributed by atoms with Crippen LogP contribution in [0.15, 0.2) is 24.3 Å². The quantitative estimate of drug-likeness (QED) is 0.916. The maximum atomic E-state index is 5.81. The molecule has 0 saturated heterocycles. The fourth-order valence-corrected chi connectivity index (χ4v) is 2.27. The predicted molar refractivity (Wildman–Crippen MR) is 79.6 cm³/mol. The lowest BCUT2D eigenvalue weighted by Crippen LogP contribution is -2.25. The van der Waals surface area contributed by atoms with Gasteiger partial charge in [-0.3, -0.25) is 4.98 Å². The summed E-state index contributed by atoms with van der Waals surface area (Å²) in [5.41, 5.74) is 9.14. The van der Waals surface area contributed by atoms with Gasteiger partial charge in [0.2, 0.25) is 0 Å². The normalized spacial score (nSPS) is 11.8. The van der Waals surface area contributed by atoms with Crippen molar-refractivity contribution in [2.45, 2.75) is 27.2 Å². The van der Waals surface area contributed by atoms with E-state index in [1.807, 2.05) is 13.0 Å². The number of methoxy groups -OCH3 is 1. The van der Waals surface area contributed by atoms with E-state index < -0.39 is 0 Å². The van der Waals surface area contributed by atoms with E-state index in [1.165, 1.54) is 5.56 Å². The molecule has 0 aliphatic heterocycles. The summed E-state index contributed by atoms with van der Waals surface area (Å²) in [7, 11) is 1.70. The largest absolute Gasteiger partial charge is 0.496 e. The third-order valence-electron chi connectivity index (χ3n) is 3.42. The molecule has 0 fully saturated rings. The third-order valence-corrected chi connectivity index (χ3v) is 3.42. The summed E-state index contributed by atoms with van der Waals surface area (Å²) in [6.45, 7) is 7.02. The third kappa shape index (κ3) is 3.04. The summed E-state index contributed by atoms with van der Waals surface area (Å²) >= 11 is 0. The average molecular weight is 258 g/mol. The number of benzene rings is 1. The lowest BCUT2D eigenvalue weighted by atomic mass is 9.85. The van der Waals surface area contributed by atoms with Crippen LogP contribution in [0.3, 0.4) is 0 Å². The van der Waals surface area contributed by atoms with Gasteiger partial charge in [-0.25, -0.2) is 0 Å². The number of hydrogen-bond acceptors (Lipinski definition) is 3. The number of rotatable bonds is 4. The molecule has 1 aromatic heterocycles. The number of hydrogen-bond donors (Lipinski definition) is 1. The van der Waals surface area contributed by atoms with E-state index in [0.29, 0.717) is 6.54 Å². The Morgan fingerprint density at radius 2 is 2.00 bits per heavy atom. The van der Waals surface area contributed by atoms with Crippen LogP contribution >= 0.6 is 0 Å². The smallest absolute Gasteiger partial charge is 0.130 e. The van der Waals surface area contributed by atoms with Crippen LogP contribution in [0.1, 0.15) is 25.1 Å². The van der Waals surface area contributed by atoms with Gasteiger partial charge in [0.15, 0.2) is 0 Å². The van der Waals surface area contributed by atoms with Crippen LogP contribution in [0.2, 0.25) is 0 Å². The van der Waals surface area contributed by atoms with Gasteiger partial charge in [0.05, 0.1) is 12.6 Å². The molecule has 0 radical (unpaired) electrons. The summed E-state index contributed by atoms with van der Waals surface area (Å²) in [5.74, 6) is 0.884. The molecule has 1 heterocycles. The van der Waals surface area contributed by atoms with Crippen LogP contribution in [0.25, 0.3) is 10.9 Å². The fraction of sp³-hybridized carbons (Fsp3) is 0.438. The SMILES string of the molecule is COc1cc(C)nc2ccc(CC(C)(C)CN)cc12. The van der Waals surface area contributed by atoms with Crippen molar-refractivity contribution in [1.82, 2.24) is 4.98 Å². The Labute approximate surface area is 114 Å². The van der Waals surface area contributed by atoms with Crippen LogP contribution in [0.5, 0.6) is 5.75 Å². The van der Waals surface area contributed by atoms with Crippen LogP contribution in [0, 0.1) is 12.3 Å². The van der Waals surface area contributed by atoms with Crippen molar-refractivity contribution in [1.29, 1.82) is 0 Å². The van der Waals surface area contributed by atoms with E-state index in [2.05, 4.69) is 37.0 Å². The first kappa shape index (κ1) is 13.8. The highest BCUT2D eigenvalue weighted by Crippen LogP contribution is 2.28. The number of pyridine rings is 1.